The van der Waals surface area contributed by atoms with Crippen molar-refractivity contribution in [1.82, 2.24) is 20.3 Å². The van der Waals surface area contributed by atoms with E-state index in [1.807, 2.05) is 20.8 Å². The van der Waals surface area contributed by atoms with Crippen LogP contribution in [0.1, 0.15) is 20.8 Å². The quantitative estimate of drug-likeness (QED) is 0.741. The van der Waals surface area contributed by atoms with Gasteiger partial charge in [0.25, 0.3) is 0 Å². The minimum atomic E-state index is -0.0900. The molecule has 0 fully saturated rings. The van der Waals surface area contributed by atoms with Crippen LogP contribution in [0, 0.1) is 0 Å². The average Bonchev–Trinajstić information content (AvgIpc) is 2.37. The summed E-state index contributed by atoms with van der Waals surface area (Å²) in [6.45, 7) is 6.41. The molecule has 0 radical (unpaired) electrons. The van der Waals surface area contributed by atoms with Gasteiger partial charge in [-0.1, -0.05) is 0 Å². The molecule has 0 spiro atoms. The van der Waals surface area contributed by atoms with Crippen molar-refractivity contribution < 1.29 is 9.53 Å². The van der Waals surface area contributed by atoms with E-state index >= 15 is 0 Å². The molecule has 8 heteroatoms. The van der Waals surface area contributed by atoms with Gasteiger partial charge in [-0.3, -0.25) is 4.79 Å². The second kappa shape index (κ2) is 7.46. The Morgan fingerprint density at radius 3 is 2.60 bits per heavy atom. The summed E-state index contributed by atoms with van der Waals surface area (Å²) in [5.41, 5.74) is 0. The van der Waals surface area contributed by atoms with Gasteiger partial charge in [-0.25, -0.2) is 0 Å². The first-order valence-electron chi connectivity index (χ1n) is 6.54. The highest BCUT2D eigenvalue weighted by Gasteiger charge is 2.14. The first-order valence-corrected chi connectivity index (χ1v) is 6.54. The first kappa shape index (κ1) is 15.9. The zero-order valence-electron chi connectivity index (χ0n) is 12.6. The molecule has 1 heterocycles. The van der Waals surface area contributed by atoms with Crippen LogP contribution in [-0.2, 0) is 4.79 Å². The maximum absolute atomic E-state index is 11.6. The van der Waals surface area contributed by atoms with Gasteiger partial charge in [-0.2, -0.15) is 15.0 Å². The Morgan fingerprint density at radius 1 is 1.35 bits per heavy atom. The van der Waals surface area contributed by atoms with E-state index < -0.39 is 0 Å². The largest absolute Gasteiger partial charge is 0.461 e. The lowest BCUT2D eigenvalue weighted by atomic mass is 10.5. The molecule has 0 atom stereocenters. The number of anilines is 2. The number of aromatic nitrogens is 3. The monoisotopic (exact) mass is 282 g/mol. The number of nitrogens with one attached hydrogen (secondary N) is 2. The van der Waals surface area contributed by atoms with Crippen LogP contribution in [0.15, 0.2) is 0 Å². The molecule has 1 rings (SSSR count). The van der Waals surface area contributed by atoms with Crippen molar-refractivity contribution in [3.63, 3.8) is 0 Å². The summed E-state index contributed by atoms with van der Waals surface area (Å²) in [5, 5.41) is 5.57. The van der Waals surface area contributed by atoms with Crippen molar-refractivity contribution in [3.8, 4) is 6.01 Å². The van der Waals surface area contributed by atoms with Crippen LogP contribution < -0.4 is 20.3 Å². The first-order chi connectivity index (χ1) is 9.46. The van der Waals surface area contributed by atoms with Crippen molar-refractivity contribution in [2.75, 3.05) is 37.4 Å². The van der Waals surface area contributed by atoms with Crippen molar-refractivity contribution in [3.05, 3.63) is 0 Å². The molecule has 0 aliphatic rings. The van der Waals surface area contributed by atoms with Gasteiger partial charge >= 0.3 is 6.01 Å². The molecule has 0 saturated carbocycles. The van der Waals surface area contributed by atoms with Gasteiger partial charge in [0.1, 0.15) is 0 Å². The van der Waals surface area contributed by atoms with Gasteiger partial charge in [-0.05, 0) is 20.8 Å². The van der Waals surface area contributed by atoms with Crippen molar-refractivity contribution >= 4 is 17.8 Å². The number of likely N-dealkylation sites (N-methyl/N-ethyl adjacent to an activating group) is 2. The fourth-order valence-electron chi connectivity index (χ4n) is 1.43. The van der Waals surface area contributed by atoms with Gasteiger partial charge in [0, 0.05) is 20.6 Å². The zero-order chi connectivity index (χ0) is 15.1. The van der Waals surface area contributed by atoms with E-state index in [1.165, 1.54) is 0 Å². The maximum Gasteiger partial charge on any atom is 0.323 e. The Hall–Kier alpha value is -2.12. The molecule has 0 unspecified atom stereocenters. The minimum absolute atomic E-state index is 0.0383. The molecule has 2 N–H and O–H groups in total. The summed E-state index contributed by atoms with van der Waals surface area (Å²) in [6.07, 6.45) is -0.0383. The molecule has 1 amide bonds. The molecule has 8 nitrogen and oxygen atoms in total. The summed E-state index contributed by atoms with van der Waals surface area (Å²) >= 11 is 0. The van der Waals surface area contributed by atoms with Crippen LogP contribution >= 0.6 is 0 Å². The molecular weight excluding hydrogens is 260 g/mol. The highest BCUT2D eigenvalue weighted by atomic mass is 16.5. The standard InChI is InChI=1S/C12H22N6O2/c1-6-14-9(19)7-18(5)11-15-10(13-4)16-12(17-11)20-8(2)3/h8H,6-7H2,1-5H3,(H,14,19)(H,13,15,16,17). The van der Waals surface area contributed by atoms with Crippen LogP contribution in [0.4, 0.5) is 11.9 Å². The predicted octanol–water partition coefficient (Wildman–Crippen LogP) is 0.273. The molecule has 112 valence electrons. The Labute approximate surface area is 119 Å². The molecule has 20 heavy (non-hydrogen) atoms. The molecule has 0 saturated heterocycles. The fourth-order valence-corrected chi connectivity index (χ4v) is 1.43. The van der Waals surface area contributed by atoms with Crippen molar-refractivity contribution in [2.45, 2.75) is 26.9 Å². The fraction of sp³-hybridized carbons (Fsp3) is 0.667. The van der Waals surface area contributed by atoms with Crippen LogP contribution in [0.2, 0.25) is 0 Å². The molecule has 0 aliphatic carbocycles. The number of hydrogen-bond donors (Lipinski definition) is 2. The smallest absolute Gasteiger partial charge is 0.323 e. The number of rotatable bonds is 7. The zero-order valence-corrected chi connectivity index (χ0v) is 12.6. The van der Waals surface area contributed by atoms with Crippen LogP contribution in [0.5, 0.6) is 6.01 Å². The number of carbonyl (C=O) groups is 1. The van der Waals surface area contributed by atoms with Crippen molar-refractivity contribution in [1.29, 1.82) is 0 Å². The second-order valence-corrected chi connectivity index (χ2v) is 4.47. The third-order valence-electron chi connectivity index (χ3n) is 2.26. The lowest BCUT2D eigenvalue weighted by Crippen LogP contribution is -2.35. The number of ether oxygens (including phenoxy) is 1. The summed E-state index contributed by atoms with van der Waals surface area (Å²) in [7, 11) is 3.45. The third-order valence-corrected chi connectivity index (χ3v) is 2.26. The Bertz CT molecular complexity index is 452. The average molecular weight is 282 g/mol. The Kier molecular flexibility index (Phi) is 5.95. The lowest BCUT2D eigenvalue weighted by molar-refractivity contribution is -0.119. The highest BCUT2D eigenvalue weighted by molar-refractivity contribution is 5.80. The molecular formula is C12H22N6O2. The number of hydrogen-bond acceptors (Lipinski definition) is 7. The number of amides is 1. The van der Waals surface area contributed by atoms with E-state index in [0.717, 1.165) is 0 Å². The Morgan fingerprint density at radius 2 is 2.05 bits per heavy atom. The second-order valence-electron chi connectivity index (χ2n) is 4.47. The maximum atomic E-state index is 11.6. The van der Waals surface area contributed by atoms with E-state index in [0.29, 0.717) is 18.4 Å². The SMILES string of the molecule is CCNC(=O)CN(C)c1nc(NC)nc(OC(C)C)n1. The summed E-state index contributed by atoms with van der Waals surface area (Å²) in [6, 6.07) is 0.233. The Balaban J connectivity index is 2.89. The van der Waals surface area contributed by atoms with E-state index in [1.54, 1.807) is 19.0 Å². The molecule has 0 aromatic carbocycles. The molecule has 1 aromatic heterocycles. The van der Waals surface area contributed by atoms with Gasteiger partial charge in [0.05, 0.1) is 12.6 Å². The number of carbonyl (C=O) groups excluding carboxylic acids is 1. The van der Waals surface area contributed by atoms with E-state index in [2.05, 4.69) is 25.6 Å². The van der Waals surface area contributed by atoms with Crippen LogP contribution in [-0.4, -0.2) is 54.1 Å². The minimum Gasteiger partial charge on any atom is -0.461 e. The normalized spacial score (nSPS) is 10.3. The summed E-state index contributed by atoms with van der Waals surface area (Å²) in [5.74, 6) is 0.687. The third kappa shape index (κ3) is 4.87. The van der Waals surface area contributed by atoms with Crippen LogP contribution in [0.3, 0.4) is 0 Å². The molecule has 0 aliphatic heterocycles. The van der Waals surface area contributed by atoms with Gasteiger partial charge in [0.15, 0.2) is 0 Å². The predicted molar refractivity (Wildman–Crippen MR) is 77.1 cm³/mol. The molecule has 1 aromatic rings. The van der Waals surface area contributed by atoms with E-state index in [-0.39, 0.29) is 24.6 Å². The van der Waals surface area contributed by atoms with Gasteiger partial charge in [0.2, 0.25) is 17.8 Å². The van der Waals surface area contributed by atoms with Gasteiger partial charge < -0.3 is 20.3 Å². The topological polar surface area (TPSA) is 92.3 Å². The van der Waals surface area contributed by atoms with E-state index in [9.17, 15) is 4.79 Å². The van der Waals surface area contributed by atoms with Crippen LogP contribution in [0.25, 0.3) is 0 Å². The molecule has 0 bridgehead atoms. The highest BCUT2D eigenvalue weighted by Crippen LogP contribution is 2.14. The van der Waals surface area contributed by atoms with Crippen molar-refractivity contribution in [2.24, 2.45) is 0 Å². The lowest BCUT2D eigenvalue weighted by Gasteiger charge is -2.18. The summed E-state index contributed by atoms with van der Waals surface area (Å²) < 4.78 is 5.47. The van der Waals surface area contributed by atoms with Gasteiger partial charge in [-0.15, -0.1) is 0 Å². The van der Waals surface area contributed by atoms with E-state index in [4.69, 9.17) is 4.74 Å². The number of nitrogens with zero attached hydrogens (tertiary/aromatic N) is 4. The summed E-state index contributed by atoms with van der Waals surface area (Å²) in [4.78, 5) is 25.7.